The molecule has 100 valence electrons. The molecular weight excluding hydrogens is 233 g/mol. The lowest BCUT2D eigenvalue weighted by molar-refractivity contribution is -0.139. The molecule has 0 aromatic heterocycles. The van der Waals surface area contributed by atoms with Gasteiger partial charge in [-0.15, -0.1) is 0 Å². The Morgan fingerprint density at radius 3 is 2.41 bits per heavy atom. The number of rotatable bonds is 4. The lowest BCUT2D eigenvalue weighted by Gasteiger charge is -2.30. The largest absolute Gasteiger partial charge is 0.405 e. The van der Waals surface area contributed by atoms with Crippen LogP contribution < -0.4 is 5.32 Å². The average Bonchev–Trinajstić information content (AvgIpc) is 2.27. The Morgan fingerprint density at radius 1 is 1.29 bits per heavy atom. The van der Waals surface area contributed by atoms with Crippen molar-refractivity contribution in [2.24, 2.45) is 0 Å². The molecule has 1 saturated carbocycles. The van der Waals surface area contributed by atoms with Crippen LogP contribution in [0.15, 0.2) is 0 Å². The lowest BCUT2D eigenvalue weighted by Crippen LogP contribution is -2.43. The van der Waals surface area contributed by atoms with Gasteiger partial charge in [0.2, 0.25) is 5.91 Å². The number of alkyl halides is 3. The average molecular weight is 252 g/mol. The summed E-state index contributed by atoms with van der Waals surface area (Å²) in [6, 6.07) is 0.334. The Balaban J connectivity index is 2.25. The summed E-state index contributed by atoms with van der Waals surface area (Å²) in [7, 11) is 1.79. The van der Waals surface area contributed by atoms with E-state index in [1.165, 1.54) is 6.42 Å². The molecule has 0 aromatic carbocycles. The molecule has 0 bridgehead atoms. The number of amides is 1. The molecule has 1 amide bonds. The normalized spacial score (nSPS) is 18.4. The Morgan fingerprint density at radius 2 is 1.88 bits per heavy atom. The summed E-state index contributed by atoms with van der Waals surface area (Å²) in [6.07, 6.45) is 1.22. The van der Waals surface area contributed by atoms with Crippen molar-refractivity contribution in [1.82, 2.24) is 10.2 Å². The van der Waals surface area contributed by atoms with Gasteiger partial charge in [-0.1, -0.05) is 19.3 Å². The molecule has 1 aliphatic carbocycles. The standard InChI is InChI=1S/C11H19F3N2O/c1-16(9-5-3-2-4-6-9)7-10(17)15-8-11(12,13)14/h9H,2-8H2,1H3,(H,15,17). The van der Waals surface area contributed by atoms with Gasteiger partial charge in [0.15, 0.2) is 0 Å². The molecule has 1 N–H and O–H groups in total. The number of likely N-dealkylation sites (N-methyl/N-ethyl adjacent to an activating group) is 1. The van der Waals surface area contributed by atoms with E-state index in [0.717, 1.165) is 25.7 Å². The highest BCUT2D eigenvalue weighted by Crippen LogP contribution is 2.21. The summed E-state index contributed by atoms with van der Waals surface area (Å²) in [4.78, 5) is 13.1. The van der Waals surface area contributed by atoms with E-state index < -0.39 is 18.6 Å². The summed E-state index contributed by atoms with van der Waals surface area (Å²) in [6.45, 7) is -1.20. The molecule has 0 aromatic rings. The van der Waals surface area contributed by atoms with E-state index in [1.807, 2.05) is 10.2 Å². The highest BCUT2D eigenvalue weighted by atomic mass is 19.4. The van der Waals surface area contributed by atoms with Gasteiger partial charge >= 0.3 is 6.18 Å². The maximum atomic E-state index is 11.9. The van der Waals surface area contributed by atoms with Gasteiger partial charge in [0.05, 0.1) is 6.54 Å². The van der Waals surface area contributed by atoms with Crippen LogP contribution in [0, 0.1) is 0 Å². The molecule has 1 rings (SSSR count). The summed E-state index contributed by atoms with van der Waals surface area (Å²) in [5, 5.41) is 1.89. The van der Waals surface area contributed by atoms with Gasteiger partial charge in [-0.2, -0.15) is 13.2 Å². The molecule has 3 nitrogen and oxygen atoms in total. The first-order valence-corrected chi connectivity index (χ1v) is 5.92. The van der Waals surface area contributed by atoms with Gasteiger partial charge in [0, 0.05) is 6.04 Å². The van der Waals surface area contributed by atoms with Crippen LogP contribution in [0.1, 0.15) is 32.1 Å². The van der Waals surface area contributed by atoms with Crippen molar-refractivity contribution in [3.05, 3.63) is 0 Å². The number of carbonyl (C=O) groups is 1. The fraction of sp³-hybridized carbons (Fsp3) is 0.909. The van der Waals surface area contributed by atoms with Crippen molar-refractivity contribution in [2.45, 2.75) is 44.3 Å². The van der Waals surface area contributed by atoms with Crippen LogP contribution in [0.2, 0.25) is 0 Å². The summed E-state index contributed by atoms with van der Waals surface area (Å²) in [5.41, 5.74) is 0. The SMILES string of the molecule is CN(CC(=O)NCC(F)(F)F)C1CCCCC1. The van der Waals surface area contributed by atoms with Crippen LogP contribution in [0.25, 0.3) is 0 Å². The number of hydrogen-bond acceptors (Lipinski definition) is 2. The summed E-state index contributed by atoms with van der Waals surface area (Å²) >= 11 is 0. The topological polar surface area (TPSA) is 32.3 Å². The zero-order valence-corrected chi connectivity index (χ0v) is 10.0. The first kappa shape index (κ1) is 14.3. The van der Waals surface area contributed by atoms with Gasteiger partial charge in [-0.05, 0) is 19.9 Å². The molecule has 0 saturated heterocycles. The van der Waals surface area contributed by atoms with Crippen LogP contribution in [-0.2, 0) is 4.79 Å². The van der Waals surface area contributed by atoms with E-state index in [-0.39, 0.29) is 6.54 Å². The minimum atomic E-state index is -4.33. The van der Waals surface area contributed by atoms with Gasteiger partial charge in [-0.3, -0.25) is 9.69 Å². The predicted molar refractivity (Wildman–Crippen MR) is 58.6 cm³/mol. The lowest BCUT2D eigenvalue weighted by atomic mass is 9.94. The predicted octanol–water partition coefficient (Wildman–Crippen LogP) is 1.93. The van der Waals surface area contributed by atoms with Crippen molar-refractivity contribution >= 4 is 5.91 Å². The number of nitrogens with one attached hydrogen (secondary N) is 1. The van der Waals surface area contributed by atoms with Crippen molar-refractivity contribution in [1.29, 1.82) is 0 Å². The first-order chi connectivity index (χ1) is 7.88. The molecule has 0 radical (unpaired) electrons. The van der Waals surface area contributed by atoms with Crippen LogP contribution in [0.4, 0.5) is 13.2 Å². The third-order valence-electron chi connectivity index (χ3n) is 3.08. The third-order valence-corrected chi connectivity index (χ3v) is 3.08. The Hall–Kier alpha value is -0.780. The van der Waals surface area contributed by atoms with E-state index in [1.54, 1.807) is 7.05 Å². The maximum Gasteiger partial charge on any atom is 0.405 e. The molecule has 0 heterocycles. The third kappa shape index (κ3) is 5.91. The van der Waals surface area contributed by atoms with Crippen molar-refractivity contribution in [3.8, 4) is 0 Å². The molecule has 0 aliphatic heterocycles. The first-order valence-electron chi connectivity index (χ1n) is 5.92. The van der Waals surface area contributed by atoms with E-state index in [9.17, 15) is 18.0 Å². The number of halogens is 3. The molecule has 0 unspecified atom stereocenters. The van der Waals surface area contributed by atoms with Gasteiger partial charge in [0.1, 0.15) is 6.54 Å². The van der Waals surface area contributed by atoms with Crippen LogP contribution in [0.5, 0.6) is 0 Å². The Kier molecular flexibility index (Phi) is 5.24. The second-order valence-corrected chi connectivity index (χ2v) is 4.60. The summed E-state index contributed by atoms with van der Waals surface area (Å²) < 4.78 is 35.6. The van der Waals surface area contributed by atoms with Crippen LogP contribution in [0.3, 0.4) is 0 Å². The molecular formula is C11H19F3N2O. The van der Waals surface area contributed by atoms with Crippen LogP contribution >= 0.6 is 0 Å². The second kappa shape index (κ2) is 6.23. The Labute approximate surface area is 99.4 Å². The fourth-order valence-electron chi connectivity index (χ4n) is 2.13. The van der Waals surface area contributed by atoms with Gasteiger partial charge in [-0.25, -0.2) is 0 Å². The molecule has 17 heavy (non-hydrogen) atoms. The van der Waals surface area contributed by atoms with Crippen molar-refractivity contribution < 1.29 is 18.0 Å². The second-order valence-electron chi connectivity index (χ2n) is 4.60. The van der Waals surface area contributed by atoms with Crippen molar-refractivity contribution in [3.63, 3.8) is 0 Å². The number of carbonyl (C=O) groups excluding carboxylic acids is 1. The fourth-order valence-corrected chi connectivity index (χ4v) is 2.13. The van der Waals surface area contributed by atoms with E-state index in [4.69, 9.17) is 0 Å². The Bertz CT molecular complexity index is 250. The van der Waals surface area contributed by atoms with E-state index in [2.05, 4.69) is 0 Å². The van der Waals surface area contributed by atoms with E-state index in [0.29, 0.717) is 6.04 Å². The molecule has 1 aliphatic rings. The smallest absolute Gasteiger partial charge is 0.346 e. The number of hydrogen-bond donors (Lipinski definition) is 1. The zero-order chi connectivity index (χ0) is 12.9. The quantitative estimate of drug-likeness (QED) is 0.829. The summed E-state index contributed by atoms with van der Waals surface area (Å²) in [5.74, 6) is -0.560. The molecule has 0 spiro atoms. The minimum absolute atomic E-state index is 0.0424. The van der Waals surface area contributed by atoms with Gasteiger partial charge < -0.3 is 5.32 Å². The van der Waals surface area contributed by atoms with Crippen molar-refractivity contribution in [2.75, 3.05) is 20.1 Å². The molecule has 1 fully saturated rings. The van der Waals surface area contributed by atoms with Gasteiger partial charge in [0.25, 0.3) is 0 Å². The van der Waals surface area contributed by atoms with Crippen LogP contribution in [-0.4, -0.2) is 43.2 Å². The number of nitrogens with zero attached hydrogens (tertiary/aromatic N) is 1. The monoisotopic (exact) mass is 252 g/mol. The minimum Gasteiger partial charge on any atom is -0.346 e. The molecule has 6 heteroatoms. The molecule has 0 atom stereocenters. The highest BCUT2D eigenvalue weighted by molar-refractivity contribution is 5.78. The maximum absolute atomic E-state index is 11.9. The zero-order valence-electron chi connectivity index (χ0n) is 10.0. The highest BCUT2D eigenvalue weighted by Gasteiger charge is 2.28. The van der Waals surface area contributed by atoms with E-state index >= 15 is 0 Å².